The molecule has 0 aliphatic heterocycles. The molecule has 258 valence electrons. The first kappa shape index (κ1) is 33.3. The van der Waals surface area contributed by atoms with Crippen LogP contribution < -0.4 is 32.6 Å². The van der Waals surface area contributed by atoms with E-state index in [4.69, 9.17) is 0 Å². The first-order valence-electron chi connectivity index (χ1n) is 16.5. The largest absolute Gasteiger partial charge is 0.362 e. The lowest BCUT2D eigenvalue weighted by Gasteiger charge is -2.34. The van der Waals surface area contributed by atoms with Gasteiger partial charge in [0, 0.05) is 41.5 Å². The van der Waals surface area contributed by atoms with E-state index in [0.717, 1.165) is 36.5 Å². The molecule has 0 saturated carbocycles. The SMILES string of the molecule is CC(C)N(c1ccccc1)c1cc(N(c2ccccc2)C(C)C)n2c(=O)n(-c3ccccc3)c(=O)n2c1Sn1[nH]c(=O)n(-c2ccccc2)c1=O. The number of H-pyrrole nitrogens is 1. The Morgan fingerprint density at radius 1 is 0.549 bits per heavy atom. The highest BCUT2D eigenvalue weighted by molar-refractivity contribution is 7.97. The standard InChI is InChI=1S/C38H36N8O4S/c1-26(2)40(28-17-9-5-10-18-28)32-25-33(41(27(3)4)29-19-11-6-12-20-29)44-36(48)43(31-23-15-8-16-24-31)37(49)45(44)34(32)51-46-38(50)42(35(47)39-46)30-21-13-7-14-22-30/h5-27H,1-4H3,(H,39,47). The second-order valence-electron chi connectivity index (χ2n) is 12.4. The van der Waals surface area contributed by atoms with Crippen molar-refractivity contribution in [1.82, 2.24) is 27.4 Å². The van der Waals surface area contributed by atoms with Gasteiger partial charge in [-0.05, 0) is 76.2 Å². The highest BCUT2D eigenvalue weighted by Gasteiger charge is 2.30. The van der Waals surface area contributed by atoms with E-state index in [1.807, 2.05) is 110 Å². The number of rotatable bonds is 10. The van der Waals surface area contributed by atoms with Gasteiger partial charge in [0.05, 0.1) is 17.1 Å². The fourth-order valence-electron chi connectivity index (χ4n) is 6.30. The van der Waals surface area contributed by atoms with Gasteiger partial charge in [0.15, 0.2) is 0 Å². The first-order valence-corrected chi connectivity index (χ1v) is 17.3. The molecule has 51 heavy (non-hydrogen) atoms. The maximum absolute atomic E-state index is 14.8. The molecule has 7 aromatic rings. The van der Waals surface area contributed by atoms with Gasteiger partial charge in [-0.15, -0.1) is 0 Å². The zero-order valence-electron chi connectivity index (χ0n) is 28.5. The molecule has 0 bridgehead atoms. The highest BCUT2D eigenvalue weighted by atomic mass is 32.2. The molecule has 1 N–H and O–H groups in total. The third-order valence-electron chi connectivity index (χ3n) is 8.42. The molecular weight excluding hydrogens is 665 g/mol. The molecule has 0 spiro atoms. The number of hydrogen-bond donors (Lipinski definition) is 1. The number of benzene rings is 4. The molecule has 3 heterocycles. The number of anilines is 4. The predicted molar refractivity (Wildman–Crippen MR) is 202 cm³/mol. The van der Waals surface area contributed by atoms with E-state index in [1.165, 1.54) is 9.03 Å². The molecule has 0 amide bonds. The lowest BCUT2D eigenvalue weighted by Crippen LogP contribution is -2.34. The third-order valence-corrected chi connectivity index (χ3v) is 9.40. The summed E-state index contributed by atoms with van der Waals surface area (Å²) in [5.74, 6) is 0.427. The van der Waals surface area contributed by atoms with Crippen LogP contribution in [0.15, 0.2) is 152 Å². The molecule has 0 saturated heterocycles. The molecule has 13 heteroatoms. The molecule has 0 radical (unpaired) electrons. The Kier molecular flexibility index (Phi) is 8.88. The van der Waals surface area contributed by atoms with E-state index in [1.54, 1.807) is 54.6 Å². The van der Waals surface area contributed by atoms with Crippen molar-refractivity contribution in [1.29, 1.82) is 0 Å². The summed E-state index contributed by atoms with van der Waals surface area (Å²) < 4.78 is 5.87. The van der Waals surface area contributed by atoms with E-state index in [9.17, 15) is 19.2 Å². The molecule has 12 nitrogen and oxygen atoms in total. The Hall–Kier alpha value is -6.21. The third kappa shape index (κ3) is 5.91. The van der Waals surface area contributed by atoms with Crippen molar-refractivity contribution in [2.24, 2.45) is 0 Å². The van der Waals surface area contributed by atoms with Crippen molar-refractivity contribution in [3.63, 3.8) is 0 Å². The zero-order valence-corrected chi connectivity index (χ0v) is 29.3. The van der Waals surface area contributed by atoms with Crippen LogP contribution in [0.2, 0.25) is 0 Å². The van der Waals surface area contributed by atoms with E-state index in [-0.39, 0.29) is 17.1 Å². The quantitative estimate of drug-likeness (QED) is 0.191. The maximum Gasteiger partial charge on any atom is 0.362 e. The molecule has 4 aromatic carbocycles. The summed E-state index contributed by atoms with van der Waals surface area (Å²) in [7, 11) is 0. The number of aromatic amines is 1. The van der Waals surface area contributed by atoms with Crippen LogP contribution in [0.25, 0.3) is 11.4 Å². The Bertz CT molecular complexity index is 2550. The van der Waals surface area contributed by atoms with Crippen LogP contribution >= 0.6 is 11.9 Å². The van der Waals surface area contributed by atoms with Crippen LogP contribution in [0.1, 0.15) is 27.7 Å². The Morgan fingerprint density at radius 2 is 1.00 bits per heavy atom. The lowest BCUT2D eigenvalue weighted by atomic mass is 10.2. The lowest BCUT2D eigenvalue weighted by molar-refractivity contribution is 0.661. The predicted octanol–water partition coefficient (Wildman–Crippen LogP) is 5.84. The first-order chi connectivity index (χ1) is 24.7. The van der Waals surface area contributed by atoms with Crippen LogP contribution in [0, 0.1) is 0 Å². The number of fused-ring (bicyclic) bond motifs is 1. The molecule has 0 unspecified atom stereocenters. The van der Waals surface area contributed by atoms with Crippen LogP contribution in [-0.2, 0) is 0 Å². The summed E-state index contributed by atoms with van der Waals surface area (Å²) in [6, 6.07) is 38.2. The summed E-state index contributed by atoms with van der Waals surface area (Å²) in [5, 5.41) is 2.88. The van der Waals surface area contributed by atoms with E-state index >= 15 is 0 Å². The summed E-state index contributed by atoms with van der Waals surface area (Å²) >= 11 is 0.854. The minimum absolute atomic E-state index is 0.158. The van der Waals surface area contributed by atoms with Gasteiger partial charge in [-0.25, -0.2) is 33.4 Å². The van der Waals surface area contributed by atoms with E-state index in [2.05, 4.69) is 5.10 Å². The van der Waals surface area contributed by atoms with Crippen molar-refractivity contribution in [2.45, 2.75) is 44.8 Å². The van der Waals surface area contributed by atoms with Crippen LogP contribution in [-0.4, -0.2) is 39.4 Å². The summed E-state index contributed by atoms with van der Waals surface area (Å²) in [5.41, 5.74) is 0.362. The molecule has 3 aromatic heterocycles. The number of hydrogen-bond acceptors (Lipinski definition) is 7. The molecule has 0 fully saturated rings. The van der Waals surface area contributed by atoms with Crippen LogP contribution in [0.3, 0.4) is 0 Å². The normalized spacial score (nSPS) is 11.5. The van der Waals surface area contributed by atoms with Crippen molar-refractivity contribution in [3.8, 4) is 11.4 Å². The van der Waals surface area contributed by atoms with Crippen molar-refractivity contribution >= 4 is 34.8 Å². The monoisotopic (exact) mass is 700 g/mol. The summed E-state index contributed by atoms with van der Waals surface area (Å²) in [6.07, 6.45) is 0. The van der Waals surface area contributed by atoms with Crippen molar-refractivity contribution < 1.29 is 0 Å². The molecule has 0 atom stereocenters. The zero-order chi connectivity index (χ0) is 35.8. The van der Waals surface area contributed by atoms with Gasteiger partial charge in [0.1, 0.15) is 10.8 Å². The highest BCUT2D eigenvalue weighted by Crippen LogP contribution is 2.39. The average molecular weight is 701 g/mol. The van der Waals surface area contributed by atoms with Gasteiger partial charge in [0.2, 0.25) is 0 Å². The Balaban J connectivity index is 1.63. The molecule has 0 aliphatic carbocycles. The Labute approximate surface area is 296 Å². The average Bonchev–Trinajstić information content (AvgIpc) is 3.57. The fraction of sp³-hybridized carbons (Fsp3) is 0.158. The number of aromatic nitrogens is 6. The number of nitrogens with zero attached hydrogens (tertiary/aromatic N) is 7. The minimum Gasteiger partial charge on any atom is -0.337 e. The van der Waals surface area contributed by atoms with E-state index in [0.29, 0.717) is 22.9 Å². The van der Waals surface area contributed by atoms with Gasteiger partial charge in [-0.3, -0.25) is 0 Å². The smallest absolute Gasteiger partial charge is 0.337 e. The second kappa shape index (κ2) is 13.6. The fourth-order valence-corrected chi connectivity index (χ4v) is 7.25. The Morgan fingerprint density at radius 3 is 1.51 bits per heavy atom. The minimum atomic E-state index is -0.661. The van der Waals surface area contributed by atoms with Gasteiger partial charge in [0.25, 0.3) is 0 Å². The maximum atomic E-state index is 14.8. The second-order valence-corrected chi connectivity index (χ2v) is 13.3. The van der Waals surface area contributed by atoms with Gasteiger partial charge in [-0.2, -0.15) is 13.1 Å². The summed E-state index contributed by atoms with van der Waals surface area (Å²) in [6.45, 7) is 8.06. The number of nitrogens with one attached hydrogen (secondary N) is 1. The van der Waals surface area contributed by atoms with Gasteiger partial charge >= 0.3 is 22.8 Å². The summed E-state index contributed by atoms with van der Waals surface area (Å²) in [4.78, 5) is 60.7. The van der Waals surface area contributed by atoms with Gasteiger partial charge in [-0.1, -0.05) is 72.8 Å². The van der Waals surface area contributed by atoms with Gasteiger partial charge < -0.3 is 9.80 Å². The molecular formula is C38H36N8O4S. The topological polar surface area (TPSA) is 114 Å². The van der Waals surface area contributed by atoms with Crippen LogP contribution in [0.4, 0.5) is 22.9 Å². The van der Waals surface area contributed by atoms with Crippen LogP contribution in [0.5, 0.6) is 0 Å². The van der Waals surface area contributed by atoms with E-state index < -0.39 is 22.8 Å². The molecule has 0 aliphatic rings. The number of para-hydroxylation sites is 4. The van der Waals surface area contributed by atoms with Crippen molar-refractivity contribution in [3.05, 3.63) is 169 Å². The van der Waals surface area contributed by atoms with Crippen molar-refractivity contribution in [2.75, 3.05) is 9.80 Å². The molecule has 7 rings (SSSR count).